The lowest BCUT2D eigenvalue weighted by Crippen LogP contribution is -2.19. The van der Waals surface area contributed by atoms with Crippen molar-refractivity contribution in [3.63, 3.8) is 0 Å². The monoisotopic (exact) mass is 244 g/mol. The Morgan fingerprint density at radius 3 is 2.22 bits per heavy atom. The fourth-order valence-corrected chi connectivity index (χ4v) is 2.29. The van der Waals surface area contributed by atoms with Crippen LogP contribution >= 0.6 is 0 Å². The maximum absolute atomic E-state index is 11.9. The number of benzene rings is 1. The summed E-state index contributed by atoms with van der Waals surface area (Å²) in [5.41, 5.74) is 1.93. The highest BCUT2D eigenvalue weighted by Gasteiger charge is 2.11. The summed E-state index contributed by atoms with van der Waals surface area (Å²) < 4.78 is 3.10. The summed E-state index contributed by atoms with van der Waals surface area (Å²) in [6.07, 6.45) is 0. The third-order valence-electron chi connectivity index (χ3n) is 3.37. The van der Waals surface area contributed by atoms with Gasteiger partial charge in [0.1, 0.15) is 0 Å². The largest absolute Gasteiger partial charge is 0.328 e. The second-order valence-corrected chi connectivity index (χ2v) is 4.43. The third kappa shape index (κ3) is 1.20. The van der Waals surface area contributed by atoms with E-state index in [1.165, 1.54) is 4.57 Å². The minimum absolute atomic E-state index is 0.109. The smallest absolute Gasteiger partial charge is 0.295 e. The Morgan fingerprint density at radius 2 is 1.61 bits per heavy atom. The fraction of sp³-hybridized carbons (Fsp3) is 0.250. The molecule has 0 atom stereocenters. The first kappa shape index (κ1) is 10.8. The highest BCUT2D eigenvalue weighted by atomic mass is 16.1. The molecule has 1 N–H and O–H groups in total. The SMILES string of the molecule is Cc1n[nH]c(=O)c2cc3c(cc12)n(C)c(=O)n3C. The molecule has 6 nitrogen and oxygen atoms in total. The first-order chi connectivity index (χ1) is 8.50. The van der Waals surface area contributed by atoms with Crippen molar-refractivity contribution in [3.05, 3.63) is 38.7 Å². The van der Waals surface area contributed by atoms with Crippen LogP contribution in [0.5, 0.6) is 0 Å². The number of imidazole rings is 1. The molecule has 2 heterocycles. The van der Waals surface area contributed by atoms with Crippen LogP contribution in [0.15, 0.2) is 21.7 Å². The van der Waals surface area contributed by atoms with Crippen molar-refractivity contribution in [1.82, 2.24) is 19.3 Å². The molecule has 0 aliphatic rings. The molecule has 0 radical (unpaired) electrons. The number of H-pyrrole nitrogens is 1. The van der Waals surface area contributed by atoms with Crippen molar-refractivity contribution in [2.75, 3.05) is 0 Å². The number of rotatable bonds is 0. The van der Waals surface area contributed by atoms with E-state index in [0.717, 1.165) is 22.1 Å². The lowest BCUT2D eigenvalue weighted by molar-refractivity contribution is 0.795. The molecule has 0 amide bonds. The first-order valence-corrected chi connectivity index (χ1v) is 5.55. The van der Waals surface area contributed by atoms with Gasteiger partial charge in [-0.25, -0.2) is 9.89 Å². The van der Waals surface area contributed by atoms with Crippen molar-refractivity contribution in [3.8, 4) is 0 Å². The highest BCUT2D eigenvalue weighted by molar-refractivity contribution is 5.95. The van der Waals surface area contributed by atoms with Gasteiger partial charge in [0.15, 0.2) is 0 Å². The van der Waals surface area contributed by atoms with Gasteiger partial charge in [-0.15, -0.1) is 0 Å². The maximum Gasteiger partial charge on any atom is 0.328 e. The second-order valence-electron chi connectivity index (χ2n) is 4.43. The van der Waals surface area contributed by atoms with Crippen LogP contribution in [-0.4, -0.2) is 19.3 Å². The summed E-state index contributed by atoms with van der Waals surface area (Å²) in [5, 5.41) is 7.71. The average molecular weight is 244 g/mol. The molecule has 1 aromatic carbocycles. The molecular formula is C12H12N4O2. The van der Waals surface area contributed by atoms with E-state index in [4.69, 9.17) is 0 Å². The number of nitrogens with zero attached hydrogens (tertiary/aromatic N) is 3. The van der Waals surface area contributed by atoms with Gasteiger partial charge in [-0.2, -0.15) is 5.10 Å². The van der Waals surface area contributed by atoms with E-state index < -0.39 is 0 Å². The number of aromatic nitrogens is 4. The van der Waals surface area contributed by atoms with Crippen LogP contribution in [0.25, 0.3) is 21.8 Å². The quantitative estimate of drug-likeness (QED) is 0.623. The number of aryl methyl sites for hydroxylation is 3. The molecule has 2 aromatic heterocycles. The van der Waals surface area contributed by atoms with Crippen molar-refractivity contribution in [1.29, 1.82) is 0 Å². The van der Waals surface area contributed by atoms with Crippen LogP contribution in [-0.2, 0) is 14.1 Å². The van der Waals surface area contributed by atoms with E-state index in [-0.39, 0.29) is 11.2 Å². The van der Waals surface area contributed by atoms with E-state index in [1.54, 1.807) is 24.7 Å². The summed E-state index contributed by atoms with van der Waals surface area (Å²) in [7, 11) is 3.41. The molecule has 0 unspecified atom stereocenters. The average Bonchev–Trinajstić information content (AvgIpc) is 2.58. The second kappa shape index (κ2) is 3.32. The van der Waals surface area contributed by atoms with E-state index in [9.17, 15) is 9.59 Å². The van der Waals surface area contributed by atoms with Gasteiger partial charge in [-0.3, -0.25) is 13.9 Å². The molecule has 6 heteroatoms. The Labute approximate surface area is 101 Å². The third-order valence-corrected chi connectivity index (χ3v) is 3.37. The van der Waals surface area contributed by atoms with Gasteiger partial charge in [0, 0.05) is 19.5 Å². The summed E-state index contributed by atoms with van der Waals surface area (Å²) in [6, 6.07) is 3.57. The Balaban J connectivity index is 2.68. The van der Waals surface area contributed by atoms with Gasteiger partial charge >= 0.3 is 5.69 Å². The lowest BCUT2D eigenvalue weighted by atomic mass is 10.1. The van der Waals surface area contributed by atoms with Gasteiger partial charge in [-0.1, -0.05) is 0 Å². The van der Waals surface area contributed by atoms with Crippen molar-refractivity contribution < 1.29 is 0 Å². The zero-order chi connectivity index (χ0) is 13.0. The minimum atomic E-state index is -0.242. The number of hydrogen-bond donors (Lipinski definition) is 1. The molecular weight excluding hydrogens is 232 g/mol. The lowest BCUT2D eigenvalue weighted by Gasteiger charge is -2.02. The topological polar surface area (TPSA) is 72.7 Å². The normalized spacial score (nSPS) is 11.5. The minimum Gasteiger partial charge on any atom is -0.295 e. The summed E-state index contributed by atoms with van der Waals surface area (Å²) in [5.74, 6) is 0. The zero-order valence-corrected chi connectivity index (χ0v) is 10.3. The standard InChI is InChI=1S/C12H12N4O2/c1-6-7-4-9-10(16(3)12(18)15(9)2)5-8(7)11(17)14-13-6/h4-5H,1-3H3,(H,14,17). The summed E-state index contributed by atoms with van der Waals surface area (Å²) in [4.78, 5) is 23.6. The summed E-state index contributed by atoms with van der Waals surface area (Å²) >= 11 is 0. The molecule has 0 saturated heterocycles. The number of nitrogens with one attached hydrogen (secondary N) is 1. The van der Waals surface area contributed by atoms with Crippen LogP contribution in [0.2, 0.25) is 0 Å². The predicted molar refractivity (Wildman–Crippen MR) is 68.8 cm³/mol. The van der Waals surface area contributed by atoms with E-state index in [0.29, 0.717) is 5.39 Å². The van der Waals surface area contributed by atoms with Crippen molar-refractivity contribution >= 4 is 21.8 Å². The molecule has 3 aromatic rings. The molecule has 3 rings (SSSR count). The van der Waals surface area contributed by atoms with Crippen molar-refractivity contribution in [2.24, 2.45) is 14.1 Å². The number of hydrogen-bond acceptors (Lipinski definition) is 3. The van der Waals surface area contributed by atoms with Gasteiger partial charge < -0.3 is 0 Å². The van der Waals surface area contributed by atoms with E-state index in [1.807, 2.05) is 13.0 Å². The molecule has 0 aliphatic carbocycles. The molecule has 0 fully saturated rings. The van der Waals surface area contributed by atoms with Crippen LogP contribution in [0.3, 0.4) is 0 Å². The van der Waals surface area contributed by atoms with E-state index >= 15 is 0 Å². The first-order valence-electron chi connectivity index (χ1n) is 5.55. The Morgan fingerprint density at radius 1 is 1.06 bits per heavy atom. The number of fused-ring (bicyclic) bond motifs is 2. The van der Waals surface area contributed by atoms with Crippen molar-refractivity contribution in [2.45, 2.75) is 6.92 Å². The Bertz CT molecular complexity index is 898. The maximum atomic E-state index is 11.9. The molecule has 18 heavy (non-hydrogen) atoms. The van der Waals surface area contributed by atoms with Gasteiger partial charge in [-0.05, 0) is 19.1 Å². The van der Waals surface area contributed by atoms with Crippen LogP contribution in [0, 0.1) is 6.92 Å². The molecule has 0 saturated carbocycles. The van der Waals surface area contributed by atoms with Crippen LogP contribution < -0.4 is 11.2 Å². The van der Waals surface area contributed by atoms with Crippen LogP contribution in [0.4, 0.5) is 0 Å². The fourth-order valence-electron chi connectivity index (χ4n) is 2.29. The molecule has 92 valence electrons. The number of aromatic amines is 1. The van der Waals surface area contributed by atoms with Gasteiger partial charge in [0.25, 0.3) is 5.56 Å². The van der Waals surface area contributed by atoms with Gasteiger partial charge in [0.2, 0.25) is 0 Å². The predicted octanol–water partition coefficient (Wildman–Crippen LogP) is 0.422. The summed E-state index contributed by atoms with van der Waals surface area (Å²) in [6.45, 7) is 1.82. The Kier molecular flexibility index (Phi) is 1.98. The van der Waals surface area contributed by atoms with Crippen LogP contribution in [0.1, 0.15) is 5.69 Å². The van der Waals surface area contributed by atoms with E-state index in [2.05, 4.69) is 10.2 Å². The Hall–Kier alpha value is -2.37. The molecule has 0 aliphatic heterocycles. The van der Waals surface area contributed by atoms with Gasteiger partial charge in [0.05, 0.1) is 22.1 Å². The zero-order valence-electron chi connectivity index (χ0n) is 10.3. The molecule has 0 spiro atoms. The highest BCUT2D eigenvalue weighted by Crippen LogP contribution is 2.20. The molecule has 0 bridgehead atoms.